The third kappa shape index (κ3) is 16.2. The number of esters is 3. The van der Waals surface area contributed by atoms with Crippen LogP contribution in [0.1, 0.15) is 206 Å². The minimum absolute atomic E-state index is 0.273. The van der Waals surface area contributed by atoms with Crippen molar-refractivity contribution in [1.82, 2.24) is 0 Å². The highest BCUT2D eigenvalue weighted by atomic mass is 16.8. The van der Waals surface area contributed by atoms with Crippen LogP contribution in [-0.4, -0.2) is 40.5 Å². The Morgan fingerprint density at radius 1 is 0.533 bits per heavy atom. The van der Waals surface area contributed by atoms with E-state index in [1.165, 1.54) is 122 Å². The first-order chi connectivity index (χ1) is 21.8. The topological polar surface area (TPSA) is 99.1 Å². The molecule has 0 amide bonds. The Bertz CT molecular complexity index is 814. The van der Waals surface area contributed by atoms with Crippen LogP contribution in [0.2, 0.25) is 0 Å². The summed E-state index contributed by atoms with van der Waals surface area (Å²) < 4.78 is 17.4. The standard InChI is InChI=1S/C38H68O7/c1-3-5-7-9-11-13-15-17-18-20-22-24-26-28-30-38-33(29-27-25-23-21-19-16-14-12-10-8-6-4-2)43-34(39)31-37(42,36(41)45-38)32-35(40)44-38/h33,42H,3-32H2,1-2H3. The molecule has 45 heavy (non-hydrogen) atoms. The predicted molar refractivity (Wildman–Crippen MR) is 180 cm³/mol. The maximum atomic E-state index is 13.0. The van der Waals surface area contributed by atoms with E-state index in [2.05, 4.69) is 13.8 Å². The van der Waals surface area contributed by atoms with Gasteiger partial charge in [0.15, 0.2) is 11.7 Å². The van der Waals surface area contributed by atoms with Crippen molar-refractivity contribution in [3.63, 3.8) is 0 Å². The SMILES string of the molecule is CCCCCCCCCCCCCCCCC12OC(=O)CC(O)(CC(=O)OC1CCCCCCCCCCCCCC)C(=O)O2. The maximum absolute atomic E-state index is 13.0. The molecule has 2 saturated heterocycles. The van der Waals surface area contributed by atoms with Gasteiger partial charge in [-0.3, -0.25) is 9.59 Å². The number of cyclic esters (lactones) is 1. The van der Waals surface area contributed by atoms with E-state index < -0.39 is 48.2 Å². The molecule has 7 nitrogen and oxygen atoms in total. The number of carbonyl (C=O) groups is 3. The smallest absolute Gasteiger partial charge is 0.342 e. The molecule has 0 saturated carbocycles. The normalized spacial score (nSPS) is 23.3. The number of rotatable bonds is 28. The summed E-state index contributed by atoms with van der Waals surface area (Å²) in [5, 5.41) is 10.8. The highest BCUT2D eigenvalue weighted by Crippen LogP contribution is 2.40. The van der Waals surface area contributed by atoms with Crippen LogP contribution in [0.3, 0.4) is 0 Å². The molecule has 2 fully saturated rings. The van der Waals surface area contributed by atoms with Crippen molar-refractivity contribution in [2.75, 3.05) is 0 Å². The lowest BCUT2D eigenvalue weighted by Crippen LogP contribution is -2.55. The lowest BCUT2D eigenvalue weighted by atomic mass is 9.93. The van der Waals surface area contributed by atoms with Crippen LogP contribution in [0.25, 0.3) is 0 Å². The third-order valence-electron chi connectivity index (χ3n) is 9.77. The Labute approximate surface area is 275 Å². The Morgan fingerprint density at radius 3 is 1.36 bits per heavy atom. The van der Waals surface area contributed by atoms with Gasteiger partial charge in [0.2, 0.25) is 0 Å². The fraction of sp³-hybridized carbons (Fsp3) is 0.921. The van der Waals surface area contributed by atoms with Gasteiger partial charge >= 0.3 is 17.9 Å². The Morgan fingerprint density at radius 2 is 0.911 bits per heavy atom. The van der Waals surface area contributed by atoms with Gasteiger partial charge in [-0.2, -0.15) is 0 Å². The fourth-order valence-corrected chi connectivity index (χ4v) is 6.89. The number of hydrogen-bond acceptors (Lipinski definition) is 7. The zero-order valence-electron chi connectivity index (χ0n) is 29.2. The van der Waals surface area contributed by atoms with E-state index >= 15 is 0 Å². The summed E-state index contributed by atoms with van der Waals surface area (Å²) >= 11 is 0. The molecule has 3 atom stereocenters. The fourth-order valence-electron chi connectivity index (χ4n) is 6.89. The monoisotopic (exact) mass is 636 g/mol. The number of carbonyl (C=O) groups excluding carboxylic acids is 3. The number of hydrogen-bond donors (Lipinski definition) is 1. The van der Waals surface area contributed by atoms with Crippen molar-refractivity contribution >= 4 is 17.9 Å². The van der Waals surface area contributed by atoms with E-state index in [0.29, 0.717) is 12.8 Å². The molecule has 0 spiro atoms. The molecule has 2 aliphatic rings. The molecule has 262 valence electrons. The average molecular weight is 637 g/mol. The predicted octanol–water partition coefficient (Wildman–Crippen LogP) is 10.2. The molecule has 0 aromatic heterocycles. The second-order valence-corrected chi connectivity index (χ2v) is 14.1. The molecule has 2 bridgehead atoms. The van der Waals surface area contributed by atoms with Crippen LogP contribution in [-0.2, 0) is 28.6 Å². The van der Waals surface area contributed by atoms with Crippen molar-refractivity contribution in [1.29, 1.82) is 0 Å². The summed E-state index contributed by atoms with van der Waals surface area (Å²) in [4.78, 5) is 38.6. The maximum Gasteiger partial charge on any atom is 0.342 e. The van der Waals surface area contributed by atoms with Gasteiger partial charge in [-0.1, -0.05) is 168 Å². The van der Waals surface area contributed by atoms with Crippen LogP contribution in [0.4, 0.5) is 0 Å². The summed E-state index contributed by atoms with van der Waals surface area (Å²) in [5.41, 5.74) is -2.23. The number of unbranched alkanes of at least 4 members (excludes halogenated alkanes) is 24. The molecule has 0 radical (unpaired) electrons. The van der Waals surface area contributed by atoms with Gasteiger partial charge in [-0.25, -0.2) is 4.79 Å². The van der Waals surface area contributed by atoms with Gasteiger partial charge in [0, 0.05) is 6.42 Å². The van der Waals surface area contributed by atoms with Crippen molar-refractivity contribution < 1.29 is 33.7 Å². The van der Waals surface area contributed by atoms with Gasteiger partial charge < -0.3 is 19.3 Å². The summed E-state index contributed by atoms with van der Waals surface area (Å²) in [7, 11) is 0. The van der Waals surface area contributed by atoms with Gasteiger partial charge in [-0.05, 0) is 19.3 Å². The summed E-state index contributed by atoms with van der Waals surface area (Å²) in [5.74, 6) is -4.01. The van der Waals surface area contributed by atoms with Crippen molar-refractivity contribution in [3.05, 3.63) is 0 Å². The molecular formula is C38H68O7. The van der Waals surface area contributed by atoms with E-state index in [-0.39, 0.29) is 6.42 Å². The quantitative estimate of drug-likeness (QED) is 0.0674. The van der Waals surface area contributed by atoms with Crippen LogP contribution in [0.5, 0.6) is 0 Å². The molecule has 0 aromatic carbocycles. The molecule has 2 heterocycles. The van der Waals surface area contributed by atoms with E-state index in [9.17, 15) is 19.5 Å². The first-order valence-electron chi connectivity index (χ1n) is 19.2. The molecule has 1 N–H and O–H groups in total. The van der Waals surface area contributed by atoms with Gasteiger partial charge in [-0.15, -0.1) is 0 Å². The Hall–Kier alpha value is -1.63. The van der Waals surface area contributed by atoms with Crippen molar-refractivity contribution in [2.45, 2.75) is 224 Å². The summed E-state index contributed by atoms with van der Waals surface area (Å²) in [6.07, 6.45) is 30.3. The summed E-state index contributed by atoms with van der Waals surface area (Å²) in [6.45, 7) is 4.50. The first-order valence-corrected chi connectivity index (χ1v) is 19.2. The Kier molecular flexibility index (Phi) is 20.8. The first kappa shape index (κ1) is 39.5. The molecule has 3 unspecified atom stereocenters. The zero-order chi connectivity index (χ0) is 32.6. The summed E-state index contributed by atoms with van der Waals surface area (Å²) in [6, 6.07) is 0. The zero-order valence-corrected chi connectivity index (χ0v) is 29.2. The highest BCUT2D eigenvalue weighted by molar-refractivity contribution is 5.92. The minimum Gasteiger partial charge on any atom is -0.454 e. The van der Waals surface area contributed by atoms with Crippen LogP contribution >= 0.6 is 0 Å². The molecule has 0 aromatic rings. The molecule has 7 heteroatoms. The van der Waals surface area contributed by atoms with E-state index in [1.54, 1.807) is 0 Å². The molecule has 2 rings (SSSR count). The number of aliphatic hydroxyl groups is 1. The average Bonchev–Trinajstić information content (AvgIpc) is 3.07. The van der Waals surface area contributed by atoms with E-state index in [4.69, 9.17) is 14.2 Å². The number of fused-ring (bicyclic) bond motifs is 3. The molecule has 2 aliphatic heterocycles. The lowest BCUT2D eigenvalue weighted by Gasteiger charge is -2.39. The van der Waals surface area contributed by atoms with Gasteiger partial charge in [0.05, 0.1) is 12.8 Å². The third-order valence-corrected chi connectivity index (χ3v) is 9.77. The van der Waals surface area contributed by atoms with Crippen molar-refractivity contribution in [2.24, 2.45) is 0 Å². The second-order valence-electron chi connectivity index (χ2n) is 14.1. The van der Waals surface area contributed by atoms with E-state index in [0.717, 1.165) is 38.5 Å². The lowest BCUT2D eigenvalue weighted by molar-refractivity contribution is -0.273. The van der Waals surface area contributed by atoms with Crippen LogP contribution in [0, 0.1) is 0 Å². The van der Waals surface area contributed by atoms with Crippen LogP contribution in [0.15, 0.2) is 0 Å². The largest absolute Gasteiger partial charge is 0.454 e. The van der Waals surface area contributed by atoms with E-state index in [1.807, 2.05) is 0 Å². The van der Waals surface area contributed by atoms with Gasteiger partial charge in [0.25, 0.3) is 5.79 Å². The van der Waals surface area contributed by atoms with Gasteiger partial charge in [0.1, 0.15) is 0 Å². The number of ether oxygens (including phenoxy) is 3. The van der Waals surface area contributed by atoms with Crippen LogP contribution < -0.4 is 0 Å². The Balaban J connectivity index is 1.76. The molecular weight excluding hydrogens is 568 g/mol. The minimum atomic E-state index is -2.23. The second kappa shape index (κ2) is 23.7. The highest BCUT2D eigenvalue weighted by Gasteiger charge is 2.58. The van der Waals surface area contributed by atoms with Crippen molar-refractivity contribution in [3.8, 4) is 0 Å². The molecule has 0 aliphatic carbocycles.